The number of carbonyl (C=O) groups excluding carboxylic acids is 1. The number of carbonyl (C=O) groups is 1. The van der Waals surface area contributed by atoms with Gasteiger partial charge in [0.05, 0.1) is 18.7 Å². The molecule has 0 bridgehead atoms. The molecule has 1 aromatic rings. The number of nitrogens with zero attached hydrogens (tertiary/aromatic N) is 1. The molecule has 2 fully saturated rings. The van der Waals surface area contributed by atoms with Crippen LogP contribution in [0.5, 0.6) is 0 Å². The molecule has 0 unspecified atom stereocenters. The minimum absolute atomic E-state index is 0.0108. The predicted octanol–water partition coefficient (Wildman–Crippen LogP) is 1.30. The van der Waals surface area contributed by atoms with Gasteiger partial charge in [-0.1, -0.05) is 18.2 Å². The van der Waals surface area contributed by atoms with E-state index < -0.39 is 0 Å². The molecule has 1 aromatic carbocycles. The Balaban J connectivity index is 2.03. The number of para-hydroxylation sites is 1. The largest absolute Gasteiger partial charge is 0.321 e. The second-order valence-corrected chi connectivity index (χ2v) is 4.44. The first kappa shape index (κ1) is 9.81. The van der Waals surface area contributed by atoms with Crippen LogP contribution in [0.4, 0.5) is 5.69 Å². The third-order valence-corrected chi connectivity index (χ3v) is 3.21. The van der Waals surface area contributed by atoms with E-state index in [4.69, 9.17) is 10.6 Å². The van der Waals surface area contributed by atoms with Crippen molar-refractivity contribution in [1.29, 1.82) is 0 Å². The molecule has 1 aliphatic heterocycles. The highest BCUT2D eigenvalue weighted by Crippen LogP contribution is 2.46. The number of benzene rings is 1. The van der Waals surface area contributed by atoms with Crippen LogP contribution in [0.15, 0.2) is 24.3 Å². The molecule has 2 N–H and O–H groups in total. The van der Waals surface area contributed by atoms with Crippen molar-refractivity contribution < 1.29 is 9.63 Å². The maximum atomic E-state index is 11.6. The molecule has 3 rings (SSSR count). The van der Waals surface area contributed by atoms with Crippen molar-refractivity contribution in [3.8, 4) is 0 Å². The summed E-state index contributed by atoms with van der Waals surface area (Å²) in [6.45, 7) is 0.463. The Morgan fingerprint density at radius 1 is 1.31 bits per heavy atom. The summed E-state index contributed by atoms with van der Waals surface area (Å²) in [6, 6.07) is 7.73. The average molecular weight is 218 g/mol. The standard InChI is InChI=1S/C12H14N2O2/c13-12(6-7-12)9-3-1-2-4-10(9)14-11(15)5-8-16-14/h1-4H,5-8,13H2. The van der Waals surface area contributed by atoms with Crippen molar-refractivity contribution in [1.82, 2.24) is 0 Å². The monoisotopic (exact) mass is 218 g/mol. The molecule has 1 heterocycles. The van der Waals surface area contributed by atoms with Crippen LogP contribution >= 0.6 is 0 Å². The summed E-state index contributed by atoms with van der Waals surface area (Å²) in [7, 11) is 0. The Labute approximate surface area is 93.9 Å². The fourth-order valence-electron chi connectivity index (χ4n) is 2.08. The topological polar surface area (TPSA) is 55.6 Å². The van der Waals surface area contributed by atoms with Gasteiger partial charge in [0.2, 0.25) is 0 Å². The van der Waals surface area contributed by atoms with Crippen molar-refractivity contribution in [2.24, 2.45) is 5.73 Å². The zero-order valence-corrected chi connectivity index (χ0v) is 8.98. The lowest BCUT2D eigenvalue weighted by Gasteiger charge is -2.21. The fraction of sp³-hybridized carbons (Fsp3) is 0.417. The first-order chi connectivity index (χ1) is 7.71. The van der Waals surface area contributed by atoms with Gasteiger partial charge in [-0.2, -0.15) is 5.06 Å². The summed E-state index contributed by atoms with van der Waals surface area (Å²) in [5, 5.41) is 1.39. The maximum Gasteiger partial charge on any atom is 0.253 e. The molecule has 4 nitrogen and oxygen atoms in total. The van der Waals surface area contributed by atoms with Gasteiger partial charge in [0, 0.05) is 5.54 Å². The minimum atomic E-state index is -0.247. The van der Waals surface area contributed by atoms with E-state index in [9.17, 15) is 4.79 Å². The third kappa shape index (κ3) is 1.42. The van der Waals surface area contributed by atoms with Gasteiger partial charge in [-0.15, -0.1) is 0 Å². The van der Waals surface area contributed by atoms with Crippen molar-refractivity contribution in [2.45, 2.75) is 24.8 Å². The normalized spacial score (nSPS) is 22.6. The Morgan fingerprint density at radius 3 is 2.69 bits per heavy atom. The fourth-order valence-corrected chi connectivity index (χ4v) is 2.08. The molecule has 1 saturated carbocycles. The van der Waals surface area contributed by atoms with Gasteiger partial charge in [0.1, 0.15) is 0 Å². The number of anilines is 1. The third-order valence-electron chi connectivity index (χ3n) is 3.21. The highest BCUT2D eigenvalue weighted by Gasteiger charge is 2.43. The van der Waals surface area contributed by atoms with Crippen LogP contribution in [0.3, 0.4) is 0 Å². The highest BCUT2D eigenvalue weighted by atomic mass is 16.7. The van der Waals surface area contributed by atoms with Crippen LogP contribution in [0, 0.1) is 0 Å². The summed E-state index contributed by atoms with van der Waals surface area (Å²) in [6.07, 6.45) is 2.41. The lowest BCUT2D eigenvalue weighted by atomic mass is 10.0. The van der Waals surface area contributed by atoms with E-state index >= 15 is 0 Å². The summed E-state index contributed by atoms with van der Waals surface area (Å²) in [5.74, 6) is 0.0108. The second kappa shape index (κ2) is 3.30. The summed E-state index contributed by atoms with van der Waals surface area (Å²) in [4.78, 5) is 17.0. The molecule has 0 spiro atoms. The van der Waals surface area contributed by atoms with E-state index in [1.807, 2.05) is 24.3 Å². The number of nitrogens with two attached hydrogens (primary N) is 1. The van der Waals surface area contributed by atoms with Gasteiger partial charge in [-0.3, -0.25) is 9.63 Å². The minimum Gasteiger partial charge on any atom is -0.321 e. The lowest BCUT2D eigenvalue weighted by molar-refractivity contribution is -0.119. The molecule has 84 valence electrons. The maximum absolute atomic E-state index is 11.6. The Kier molecular flexibility index (Phi) is 2.02. The van der Waals surface area contributed by atoms with Crippen LogP contribution in [0.1, 0.15) is 24.8 Å². The quantitative estimate of drug-likeness (QED) is 0.814. The summed E-state index contributed by atoms with van der Waals surface area (Å²) >= 11 is 0. The van der Waals surface area contributed by atoms with E-state index in [0.29, 0.717) is 13.0 Å². The van der Waals surface area contributed by atoms with E-state index in [1.165, 1.54) is 5.06 Å². The number of hydroxylamine groups is 1. The smallest absolute Gasteiger partial charge is 0.253 e. The van der Waals surface area contributed by atoms with Crippen molar-refractivity contribution in [3.05, 3.63) is 29.8 Å². The highest BCUT2D eigenvalue weighted by molar-refractivity contribution is 5.93. The van der Waals surface area contributed by atoms with Crippen LogP contribution in [-0.2, 0) is 15.2 Å². The van der Waals surface area contributed by atoms with Crippen LogP contribution in [0.2, 0.25) is 0 Å². The van der Waals surface area contributed by atoms with Crippen LogP contribution < -0.4 is 10.8 Å². The van der Waals surface area contributed by atoms with Gasteiger partial charge in [-0.25, -0.2) is 0 Å². The number of hydrogen-bond acceptors (Lipinski definition) is 3. The molecule has 2 aliphatic rings. The zero-order chi connectivity index (χ0) is 11.2. The first-order valence-electron chi connectivity index (χ1n) is 5.55. The van der Waals surface area contributed by atoms with Crippen molar-refractivity contribution >= 4 is 11.6 Å². The molecule has 1 amide bonds. The SMILES string of the molecule is NC1(c2ccccc2N2OCCC2=O)CC1. The van der Waals surface area contributed by atoms with Gasteiger partial charge in [0.25, 0.3) is 5.91 Å². The van der Waals surface area contributed by atoms with Crippen molar-refractivity contribution in [3.63, 3.8) is 0 Å². The van der Waals surface area contributed by atoms with E-state index in [-0.39, 0.29) is 11.4 Å². The molecule has 16 heavy (non-hydrogen) atoms. The second-order valence-electron chi connectivity index (χ2n) is 4.44. The van der Waals surface area contributed by atoms with E-state index in [2.05, 4.69) is 0 Å². The molecular weight excluding hydrogens is 204 g/mol. The average Bonchev–Trinajstić information content (AvgIpc) is 2.89. The number of rotatable bonds is 2. The van der Waals surface area contributed by atoms with Gasteiger partial charge in [-0.05, 0) is 24.5 Å². The van der Waals surface area contributed by atoms with Crippen LogP contribution in [-0.4, -0.2) is 12.5 Å². The number of hydrogen-bond donors (Lipinski definition) is 1. The molecule has 0 radical (unpaired) electrons. The van der Waals surface area contributed by atoms with Gasteiger partial charge < -0.3 is 5.73 Å². The molecule has 1 saturated heterocycles. The summed E-state index contributed by atoms with van der Waals surface area (Å²) in [5.41, 5.74) is 7.77. The van der Waals surface area contributed by atoms with E-state index in [0.717, 1.165) is 24.1 Å². The first-order valence-corrected chi connectivity index (χ1v) is 5.55. The Bertz CT molecular complexity index is 440. The molecule has 0 atom stereocenters. The molecule has 0 aromatic heterocycles. The Hall–Kier alpha value is -1.39. The van der Waals surface area contributed by atoms with Crippen LogP contribution in [0.25, 0.3) is 0 Å². The molecular formula is C12H14N2O2. The molecule has 1 aliphatic carbocycles. The van der Waals surface area contributed by atoms with E-state index in [1.54, 1.807) is 0 Å². The van der Waals surface area contributed by atoms with Gasteiger partial charge in [0.15, 0.2) is 0 Å². The lowest BCUT2D eigenvalue weighted by Crippen LogP contribution is -2.28. The number of amides is 1. The van der Waals surface area contributed by atoms with Gasteiger partial charge >= 0.3 is 0 Å². The zero-order valence-electron chi connectivity index (χ0n) is 8.98. The summed E-state index contributed by atoms with van der Waals surface area (Å²) < 4.78 is 0. The Morgan fingerprint density at radius 2 is 2.06 bits per heavy atom. The van der Waals surface area contributed by atoms with Crippen molar-refractivity contribution in [2.75, 3.05) is 11.7 Å². The molecule has 4 heteroatoms. The predicted molar refractivity (Wildman–Crippen MR) is 59.6 cm³/mol.